The fourth-order valence-electron chi connectivity index (χ4n) is 1.49. The van der Waals surface area contributed by atoms with Crippen LogP contribution in [0.4, 0.5) is 13.2 Å². The minimum Gasteiger partial charge on any atom is -0.379 e. The second kappa shape index (κ2) is 5.54. The zero-order valence-electron chi connectivity index (χ0n) is 10.0. The van der Waals surface area contributed by atoms with E-state index in [9.17, 15) is 21.6 Å². The third-order valence-corrected chi connectivity index (χ3v) is 3.49. The molecule has 0 aromatic heterocycles. The first-order valence-electron chi connectivity index (χ1n) is 5.47. The molecule has 0 aliphatic rings. The number of benzene rings is 2. The predicted octanol–water partition coefficient (Wildman–Crippen LogP) is 3.01. The lowest BCUT2D eigenvalue weighted by Gasteiger charge is -2.08. The van der Waals surface area contributed by atoms with Crippen LogP contribution in [-0.2, 0) is 15.9 Å². The first kappa shape index (κ1) is 14.4. The summed E-state index contributed by atoms with van der Waals surface area (Å²) in [6.07, 6.45) is 0. The van der Waals surface area contributed by atoms with Crippen molar-refractivity contribution in [3.05, 3.63) is 65.5 Å². The fraction of sp³-hybridized carbons (Fsp3) is 0.0769. The molecule has 20 heavy (non-hydrogen) atoms. The van der Waals surface area contributed by atoms with E-state index >= 15 is 0 Å². The highest BCUT2D eigenvalue weighted by molar-refractivity contribution is 7.86. The van der Waals surface area contributed by atoms with Crippen molar-refractivity contribution in [2.24, 2.45) is 0 Å². The van der Waals surface area contributed by atoms with Gasteiger partial charge < -0.3 is 4.18 Å². The van der Waals surface area contributed by atoms with Gasteiger partial charge in [-0.15, -0.1) is 0 Å². The second-order valence-electron chi connectivity index (χ2n) is 3.99. The molecule has 0 aliphatic heterocycles. The molecule has 2 rings (SSSR count). The Hall–Kier alpha value is -2.02. The maximum Gasteiger partial charge on any atom is 0.313 e. The topological polar surface area (TPSA) is 43.4 Å². The van der Waals surface area contributed by atoms with E-state index in [1.54, 1.807) is 0 Å². The molecule has 0 unspecified atom stereocenters. The van der Waals surface area contributed by atoms with Crippen molar-refractivity contribution in [1.29, 1.82) is 0 Å². The van der Waals surface area contributed by atoms with Gasteiger partial charge in [0.05, 0.1) is 0 Å². The Kier molecular flexibility index (Phi) is 3.99. The molecule has 106 valence electrons. The third-order valence-electron chi connectivity index (χ3n) is 2.37. The van der Waals surface area contributed by atoms with Crippen molar-refractivity contribution in [1.82, 2.24) is 0 Å². The highest BCUT2D eigenvalue weighted by Crippen LogP contribution is 2.21. The molecule has 0 heterocycles. The van der Waals surface area contributed by atoms with Gasteiger partial charge in [0, 0.05) is 6.07 Å². The highest BCUT2D eigenvalue weighted by atomic mass is 32.2. The van der Waals surface area contributed by atoms with Crippen LogP contribution >= 0.6 is 0 Å². The summed E-state index contributed by atoms with van der Waals surface area (Å²) in [6, 6.07) is 7.03. The van der Waals surface area contributed by atoms with Crippen LogP contribution in [0.25, 0.3) is 0 Å². The Morgan fingerprint density at radius 3 is 2.10 bits per heavy atom. The highest BCUT2D eigenvalue weighted by Gasteiger charge is 2.17. The molecule has 0 fully saturated rings. The largest absolute Gasteiger partial charge is 0.379 e. The Morgan fingerprint density at radius 2 is 1.50 bits per heavy atom. The Bertz CT molecular complexity index is 712. The van der Waals surface area contributed by atoms with Gasteiger partial charge in [0.1, 0.15) is 17.4 Å². The number of hydrogen-bond acceptors (Lipinski definition) is 3. The Balaban J connectivity index is 2.17. The molecule has 7 heteroatoms. The fourth-order valence-corrected chi connectivity index (χ4v) is 2.56. The molecular weight excluding hydrogens is 293 g/mol. The molecule has 0 atom stereocenters. The maximum absolute atomic E-state index is 13.3. The van der Waals surface area contributed by atoms with Crippen LogP contribution in [0.1, 0.15) is 5.56 Å². The van der Waals surface area contributed by atoms with Crippen LogP contribution in [0.3, 0.4) is 0 Å². The molecule has 0 radical (unpaired) electrons. The van der Waals surface area contributed by atoms with Gasteiger partial charge in [0.2, 0.25) is 0 Å². The zero-order chi connectivity index (χ0) is 14.8. The minimum atomic E-state index is -4.12. The maximum atomic E-state index is 13.3. The number of halogens is 3. The summed E-state index contributed by atoms with van der Waals surface area (Å²) in [5.41, 5.74) is 0.286. The smallest absolute Gasteiger partial charge is 0.313 e. The predicted molar refractivity (Wildman–Crippen MR) is 66.0 cm³/mol. The van der Waals surface area contributed by atoms with E-state index in [0.717, 1.165) is 24.3 Å². The summed E-state index contributed by atoms with van der Waals surface area (Å²) in [6.45, 7) is 0. The number of hydrogen-bond donors (Lipinski definition) is 0. The lowest BCUT2D eigenvalue weighted by molar-refractivity contribution is 0.456. The average molecular weight is 302 g/mol. The lowest BCUT2D eigenvalue weighted by Crippen LogP contribution is -2.13. The van der Waals surface area contributed by atoms with Crippen LogP contribution in [0, 0.1) is 17.5 Å². The van der Waals surface area contributed by atoms with Crippen LogP contribution < -0.4 is 4.18 Å². The van der Waals surface area contributed by atoms with Gasteiger partial charge in [-0.1, -0.05) is 12.1 Å². The van der Waals surface area contributed by atoms with Gasteiger partial charge in [0.25, 0.3) is 0 Å². The molecule has 0 aliphatic carbocycles. The average Bonchev–Trinajstić information content (AvgIpc) is 2.35. The van der Waals surface area contributed by atoms with E-state index in [4.69, 9.17) is 0 Å². The van der Waals surface area contributed by atoms with Gasteiger partial charge in [0.15, 0.2) is 11.6 Å². The molecule has 2 aromatic rings. The summed E-state index contributed by atoms with van der Waals surface area (Å²) >= 11 is 0. The summed E-state index contributed by atoms with van der Waals surface area (Å²) in [7, 11) is -4.12. The van der Waals surface area contributed by atoms with E-state index in [2.05, 4.69) is 4.18 Å². The van der Waals surface area contributed by atoms with Crippen LogP contribution in [0.5, 0.6) is 5.75 Å². The summed E-state index contributed by atoms with van der Waals surface area (Å²) in [5.74, 6) is -3.60. The normalized spacial score (nSPS) is 11.3. The third kappa shape index (κ3) is 3.74. The molecular formula is C13H9F3O3S. The summed E-state index contributed by atoms with van der Waals surface area (Å²) in [5, 5.41) is 0. The van der Waals surface area contributed by atoms with Gasteiger partial charge in [-0.2, -0.15) is 8.42 Å². The van der Waals surface area contributed by atoms with E-state index < -0.39 is 39.1 Å². The van der Waals surface area contributed by atoms with E-state index in [0.29, 0.717) is 6.07 Å². The monoisotopic (exact) mass is 302 g/mol. The molecule has 0 saturated carbocycles. The van der Waals surface area contributed by atoms with Crippen LogP contribution in [0.15, 0.2) is 42.5 Å². The van der Waals surface area contributed by atoms with Gasteiger partial charge in [-0.3, -0.25) is 0 Å². The Labute approximate surface area is 113 Å². The van der Waals surface area contributed by atoms with Crippen molar-refractivity contribution < 1.29 is 25.8 Å². The molecule has 0 bridgehead atoms. The quantitative estimate of drug-likeness (QED) is 0.815. The molecule has 0 N–H and O–H groups in total. The zero-order valence-corrected chi connectivity index (χ0v) is 10.8. The summed E-state index contributed by atoms with van der Waals surface area (Å²) < 4.78 is 66.7. The first-order chi connectivity index (χ1) is 9.35. The lowest BCUT2D eigenvalue weighted by atomic mass is 10.2. The van der Waals surface area contributed by atoms with Crippen molar-refractivity contribution >= 4 is 10.1 Å². The minimum absolute atomic E-state index is 0.286. The summed E-state index contributed by atoms with van der Waals surface area (Å²) in [4.78, 5) is 0. The van der Waals surface area contributed by atoms with Crippen LogP contribution in [0.2, 0.25) is 0 Å². The van der Waals surface area contributed by atoms with Gasteiger partial charge >= 0.3 is 10.1 Å². The standard InChI is InChI=1S/C13H9F3O3S/c14-10-3-1-9(2-4-10)8-20(17,18)19-13-6-5-11(15)7-12(13)16/h1-7H,8H2. The molecule has 0 amide bonds. The molecule has 0 spiro atoms. The second-order valence-corrected chi connectivity index (χ2v) is 5.56. The Morgan fingerprint density at radius 1 is 0.900 bits per heavy atom. The van der Waals surface area contributed by atoms with E-state index in [1.807, 2.05) is 0 Å². The van der Waals surface area contributed by atoms with Crippen molar-refractivity contribution in [2.75, 3.05) is 0 Å². The van der Waals surface area contributed by atoms with Crippen molar-refractivity contribution in [2.45, 2.75) is 5.75 Å². The SMILES string of the molecule is O=S(=O)(Cc1ccc(F)cc1)Oc1ccc(F)cc1F. The number of rotatable bonds is 4. The molecule has 3 nitrogen and oxygen atoms in total. The van der Waals surface area contributed by atoms with Gasteiger partial charge in [-0.05, 0) is 29.8 Å². The van der Waals surface area contributed by atoms with E-state index in [-0.39, 0.29) is 5.56 Å². The van der Waals surface area contributed by atoms with Crippen molar-refractivity contribution in [3.63, 3.8) is 0 Å². The van der Waals surface area contributed by atoms with Crippen LogP contribution in [-0.4, -0.2) is 8.42 Å². The van der Waals surface area contributed by atoms with E-state index in [1.165, 1.54) is 12.1 Å². The first-order valence-corrected chi connectivity index (χ1v) is 7.05. The van der Waals surface area contributed by atoms with Crippen molar-refractivity contribution in [3.8, 4) is 5.75 Å². The van der Waals surface area contributed by atoms with Gasteiger partial charge in [-0.25, -0.2) is 13.2 Å². The molecule has 0 saturated heterocycles. The molecule has 2 aromatic carbocycles.